The lowest BCUT2D eigenvalue weighted by atomic mass is 10.5. The molecule has 0 radical (unpaired) electrons. The second kappa shape index (κ2) is 3.97. The van der Waals surface area contributed by atoms with Gasteiger partial charge in [-0.15, -0.1) is 0 Å². The predicted molar refractivity (Wildman–Crippen MR) is 29.8 cm³/mol. The lowest BCUT2D eigenvalue weighted by Crippen LogP contribution is -2.00. The van der Waals surface area contributed by atoms with E-state index in [1.807, 2.05) is 5.40 Å². The van der Waals surface area contributed by atoms with Gasteiger partial charge in [0, 0.05) is 5.75 Å². The molecule has 0 aliphatic heterocycles. The quantitative estimate of drug-likeness (QED) is 0.538. The first-order chi connectivity index (χ1) is 3.27. The van der Waals surface area contributed by atoms with E-state index >= 15 is 0 Å². The zero-order chi connectivity index (χ0) is 5.70. The maximum atomic E-state index is 8.51. The molecule has 0 bridgehead atoms. The van der Waals surface area contributed by atoms with Crippen LogP contribution in [-0.2, 0) is 0 Å². The second-order valence-electron chi connectivity index (χ2n) is 1.25. The summed E-state index contributed by atoms with van der Waals surface area (Å²) in [4.78, 5) is 0. The van der Waals surface area contributed by atoms with Gasteiger partial charge >= 0.3 is 0 Å². The average Bonchev–Trinajstić information content (AvgIpc) is 1.61. The number of aliphatic hydroxyl groups excluding tert-OH is 1. The summed E-state index contributed by atoms with van der Waals surface area (Å²) in [5.74, 6) is 0.510. The van der Waals surface area contributed by atoms with Gasteiger partial charge in [-0.25, -0.2) is 0 Å². The number of thiocyanates is 1. The highest BCUT2D eigenvalue weighted by Gasteiger charge is 1.91. The van der Waals surface area contributed by atoms with E-state index in [0.29, 0.717) is 5.75 Å². The summed E-state index contributed by atoms with van der Waals surface area (Å²) in [6.45, 7) is 1.66. The van der Waals surface area contributed by atoms with Crippen LogP contribution in [0.2, 0.25) is 0 Å². The van der Waals surface area contributed by atoms with Crippen molar-refractivity contribution < 1.29 is 5.11 Å². The molecule has 0 saturated carbocycles. The standard InChI is InChI=1S/C4H7NOS/c1-4(6)2-7-3-5/h4,6H,2H2,1H3. The molecule has 0 rings (SSSR count). The first-order valence-corrected chi connectivity index (χ1v) is 2.95. The van der Waals surface area contributed by atoms with Crippen LogP contribution in [0.3, 0.4) is 0 Å². The van der Waals surface area contributed by atoms with Crippen molar-refractivity contribution in [3.63, 3.8) is 0 Å². The van der Waals surface area contributed by atoms with Gasteiger partial charge in [0.1, 0.15) is 5.40 Å². The molecular formula is C4H7NOS. The normalized spacial score (nSPS) is 12.7. The number of aliphatic hydroxyl groups is 1. The number of hydrogen-bond acceptors (Lipinski definition) is 3. The molecule has 0 aromatic carbocycles. The maximum Gasteiger partial charge on any atom is 0.133 e. The molecule has 0 saturated heterocycles. The number of rotatable bonds is 2. The molecule has 3 heteroatoms. The van der Waals surface area contributed by atoms with E-state index in [1.165, 1.54) is 0 Å². The monoisotopic (exact) mass is 117 g/mol. The molecule has 0 aliphatic carbocycles. The maximum absolute atomic E-state index is 8.51. The molecule has 1 N–H and O–H groups in total. The van der Waals surface area contributed by atoms with E-state index in [1.54, 1.807) is 6.92 Å². The highest BCUT2D eigenvalue weighted by Crippen LogP contribution is 1.97. The van der Waals surface area contributed by atoms with Gasteiger partial charge in [-0.05, 0) is 18.7 Å². The lowest BCUT2D eigenvalue weighted by Gasteiger charge is -1.93. The lowest BCUT2D eigenvalue weighted by molar-refractivity contribution is 0.220. The molecule has 0 heterocycles. The van der Waals surface area contributed by atoms with Crippen molar-refractivity contribution in [1.82, 2.24) is 0 Å². The summed E-state index contributed by atoms with van der Waals surface area (Å²) in [5.41, 5.74) is 0. The van der Waals surface area contributed by atoms with E-state index in [4.69, 9.17) is 10.4 Å². The number of thioether (sulfide) groups is 1. The molecule has 1 unspecified atom stereocenters. The summed E-state index contributed by atoms with van der Waals surface area (Å²) in [7, 11) is 0. The van der Waals surface area contributed by atoms with Crippen molar-refractivity contribution >= 4 is 11.8 Å². The first-order valence-electron chi connectivity index (χ1n) is 1.96. The van der Waals surface area contributed by atoms with E-state index in [9.17, 15) is 0 Å². The Bertz CT molecular complexity index is 76.2. The van der Waals surface area contributed by atoms with Crippen LogP contribution < -0.4 is 0 Å². The van der Waals surface area contributed by atoms with Gasteiger partial charge in [0.15, 0.2) is 0 Å². The molecule has 0 aliphatic rings. The van der Waals surface area contributed by atoms with Gasteiger partial charge in [-0.3, -0.25) is 0 Å². The van der Waals surface area contributed by atoms with E-state index < -0.39 is 0 Å². The van der Waals surface area contributed by atoms with Crippen LogP contribution >= 0.6 is 11.8 Å². The van der Waals surface area contributed by atoms with Crippen LogP contribution in [0.15, 0.2) is 0 Å². The Labute approximate surface area is 47.1 Å². The zero-order valence-electron chi connectivity index (χ0n) is 4.09. The summed E-state index contributed by atoms with van der Waals surface area (Å²) in [6.07, 6.45) is -0.357. The summed E-state index contributed by atoms with van der Waals surface area (Å²) < 4.78 is 0. The minimum atomic E-state index is -0.357. The second-order valence-corrected chi connectivity index (χ2v) is 2.06. The topological polar surface area (TPSA) is 44.0 Å². The van der Waals surface area contributed by atoms with Gasteiger partial charge in [0.2, 0.25) is 0 Å². The Morgan fingerprint density at radius 3 is 2.71 bits per heavy atom. The van der Waals surface area contributed by atoms with Crippen LogP contribution in [0.1, 0.15) is 6.92 Å². The first kappa shape index (κ1) is 6.80. The highest BCUT2D eigenvalue weighted by molar-refractivity contribution is 8.03. The van der Waals surface area contributed by atoms with Crippen molar-refractivity contribution in [3.8, 4) is 5.40 Å². The Morgan fingerprint density at radius 2 is 2.57 bits per heavy atom. The third kappa shape index (κ3) is 5.80. The van der Waals surface area contributed by atoms with Crippen LogP contribution in [0.25, 0.3) is 0 Å². The van der Waals surface area contributed by atoms with Gasteiger partial charge in [0.25, 0.3) is 0 Å². The van der Waals surface area contributed by atoms with Crippen LogP contribution in [0, 0.1) is 10.7 Å². The van der Waals surface area contributed by atoms with Crippen molar-refractivity contribution in [2.45, 2.75) is 13.0 Å². The molecule has 0 aromatic heterocycles. The van der Waals surface area contributed by atoms with E-state index in [2.05, 4.69) is 0 Å². The summed E-state index contributed by atoms with van der Waals surface area (Å²) >= 11 is 1.07. The fourth-order valence-electron chi connectivity index (χ4n) is 0.158. The smallest absolute Gasteiger partial charge is 0.133 e. The molecule has 0 amide bonds. The third-order valence-corrected chi connectivity index (χ3v) is 1.17. The van der Waals surface area contributed by atoms with Crippen LogP contribution in [0.5, 0.6) is 0 Å². The SMILES string of the molecule is CC(O)CSC#N. The fraction of sp³-hybridized carbons (Fsp3) is 0.750. The highest BCUT2D eigenvalue weighted by atomic mass is 32.2. The zero-order valence-corrected chi connectivity index (χ0v) is 4.90. The molecule has 7 heavy (non-hydrogen) atoms. The van der Waals surface area contributed by atoms with Gasteiger partial charge < -0.3 is 5.11 Å². The fourth-order valence-corrected chi connectivity index (χ4v) is 0.474. The summed E-state index contributed by atoms with van der Waals surface area (Å²) in [5, 5.41) is 18.3. The van der Waals surface area contributed by atoms with Crippen molar-refractivity contribution in [3.05, 3.63) is 0 Å². The summed E-state index contributed by atoms with van der Waals surface area (Å²) in [6, 6.07) is 0. The minimum absolute atomic E-state index is 0.357. The van der Waals surface area contributed by atoms with E-state index in [0.717, 1.165) is 11.8 Å². The van der Waals surface area contributed by atoms with Crippen LogP contribution in [0.4, 0.5) is 0 Å². The molecule has 2 nitrogen and oxygen atoms in total. The Kier molecular flexibility index (Phi) is 3.86. The number of nitrogens with zero attached hydrogens (tertiary/aromatic N) is 1. The van der Waals surface area contributed by atoms with E-state index in [-0.39, 0.29) is 6.10 Å². The molecule has 1 atom stereocenters. The Morgan fingerprint density at radius 1 is 2.00 bits per heavy atom. The third-order valence-electron chi connectivity index (χ3n) is 0.389. The van der Waals surface area contributed by atoms with Crippen molar-refractivity contribution in [2.75, 3.05) is 5.75 Å². The van der Waals surface area contributed by atoms with Gasteiger partial charge in [-0.2, -0.15) is 5.26 Å². The van der Waals surface area contributed by atoms with Gasteiger partial charge in [0.05, 0.1) is 6.10 Å². The van der Waals surface area contributed by atoms with Crippen molar-refractivity contribution in [1.29, 1.82) is 5.26 Å². The molecular weight excluding hydrogens is 110 g/mol. The Hall–Kier alpha value is -0.200. The molecule has 40 valence electrons. The Balaban J connectivity index is 2.86. The average molecular weight is 117 g/mol. The predicted octanol–water partition coefficient (Wildman–Crippen LogP) is 0.581. The van der Waals surface area contributed by atoms with Crippen LogP contribution in [-0.4, -0.2) is 17.0 Å². The largest absolute Gasteiger partial charge is 0.393 e. The minimum Gasteiger partial charge on any atom is -0.393 e. The molecule has 0 aromatic rings. The molecule has 0 spiro atoms. The molecule has 0 fully saturated rings. The van der Waals surface area contributed by atoms with Crippen molar-refractivity contribution in [2.24, 2.45) is 0 Å². The number of nitriles is 1. The van der Waals surface area contributed by atoms with Gasteiger partial charge in [-0.1, -0.05) is 0 Å². The number of hydrogen-bond donors (Lipinski definition) is 1.